The lowest BCUT2D eigenvalue weighted by atomic mass is 10.2. The lowest BCUT2D eigenvalue weighted by molar-refractivity contribution is 0.0734. The van der Waals surface area contributed by atoms with Crippen molar-refractivity contribution in [2.24, 2.45) is 5.10 Å². The van der Waals surface area contributed by atoms with Crippen LogP contribution in [0.3, 0.4) is 0 Å². The quantitative estimate of drug-likeness (QED) is 0.232. The number of nitrogens with one attached hydrogen (secondary N) is 1. The fourth-order valence-electron chi connectivity index (χ4n) is 2.59. The first-order valence-electron chi connectivity index (χ1n) is 9.13. The Morgan fingerprint density at radius 3 is 2.35 bits per heavy atom. The summed E-state index contributed by atoms with van der Waals surface area (Å²) in [5, 5.41) is 3.98. The van der Waals surface area contributed by atoms with Gasteiger partial charge in [0.25, 0.3) is 5.91 Å². The second-order valence-corrected chi connectivity index (χ2v) is 7.15. The van der Waals surface area contributed by atoms with Gasteiger partial charge in [-0.3, -0.25) is 4.79 Å². The van der Waals surface area contributed by atoms with Gasteiger partial charge in [-0.25, -0.2) is 10.2 Å². The summed E-state index contributed by atoms with van der Waals surface area (Å²) in [5.41, 5.74) is 3.72. The van der Waals surface area contributed by atoms with E-state index in [1.54, 1.807) is 73.8 Å². The zero-order chi connectivity index (χ0) is 22.2. The molecule has 0 bridgehead atoms. The Bertz CT molecular complexity index is 1110. The van der Waals surface area contributed by atoms with Crippen LogP contribution in [0.15, 0.2) is 76.3 Å². The molecule has 1 amide bonds. The van der Waals surface area contributed by atoms with E-state index in [0.29, 0.717) is 33.9 Å². The van der Waals surface area contributed by atoms with Crippen molar-refractivity contribution in [1.29, 1.82) is 0 Å². The van der Waals surface area contributed by atoms with Crippen molar-refractivity contribution in [2.75, 3.05) is 14.2 Å². The summed E-state index contributed by atoms with van der Waals surface area (Å²) in [4.78, 5) is 24.8. The van der Waals surface area contributed by atoms with Crippen LogP contribution in [0.25, 0.3) is 0 Å². The van der Waals surface area contributed by atoms with E-state index in [0.717, 1.165) is 4.47 Å². The highest BCUT2D eigenvalue weighted by Gasteiger charge is 2.12. The topological polar surface area (TPSA) is 86.2 Å². The van der Waals surface area contributed by atoms with Crippen LogP contribution in [0.1, 0.15) is 26.3 Å². The Morgan fingerprint density at radius 2 is 1.65 bits per heavy atom. The van der Waals surface area contributed by atoms with Crippen LogP contribution in [-0.4, -0.2) is 32.3 Å². The zero-order valence-corrected chi connectivity index (χ0v) is 18.4. The van der Waals surface area contributed by atoms with Gasteiger partial charge in [-0.15, -0.1) is 0 Å². The van der Waals surface area contributed by atoms with Crippen molar-refractivity contribution in [2.45, 2.75) is 0 Å². The highest BCUT2D eigenvalue weighted by atomic mass is 79.9. The van der Waals surface area contributed by atoms with Crippen LogP contribution >= 0.6 is 15.9 Å². The second-order valence-electron chi connectivity index (χ2n) is 6.23. The monoisotopic (exact) mass is 482 g/mol. The number of hydrogen-bond acceptors (Lipinski definition) is 6. The lowest BCUT2D eigenvalue weighted by Gasteiger charge is -2.09. The number of hydrogen-bond donors (Lipinski definition) is 1. The van der Waals surface area contributed by atoms with E-state index in [2.05, 4.69) is 26.5 Å². The molecule has 0 aliphatic rings. The molecule has 0 saturated carbocycles. The molecular weight excluding hydrogens is 464 g/mol. The average Bonchev–Trinajstić information content (AvgIpc) is 2.80. The third-order valence-electron chi connectivity index (χ3n) is 4.20. The first kappa shape index (κ1) is 22.0. The number of halogens is 1. The summed E-state index contributed by atoms with van der Waals surface area (Å²) < 4.78 is 16.5. The van der Waals surface area contributed by atoms with E-state index < -0.39 is 11.9 Å². The molecule has 31 heavy (non-hydrogen) atoms. The van der Waals surface area contributed by atoms with E-state index in [4.69, 9.17) is 14.2 Å². The second kappa shape index (κ2) is 10.4. The molecule has 3 rings (SSSR count). The molecular formula is C23H19BrN2O5. The maximum atomic E-state index is 12.5. The van der Waals surface area contributed by atoms with Crippen LogP contribution in [0.5, 0.6) is 17.2 Å². The smallest absolute Gasteiger partial charge is 0.343 e. The number of amides is 1. The van der Waals surface area contributed by atoms with Crippen molar-refractivity contribution in [1.82, 2.24) is 5.43 Å². The number of benzene rings is 3. The van der Waals surface area contributed by atoms with Crippen molar-refractivity contribution < 1.29 is 23.8 Å². The Kier molecular flexibility index (Phi) is 7.40. The van der Waals surface area contributed by atoms with Gasteiger partial charge >= 0.3 is 5.97 Å². The molecule has 0 heterocycles. The predicted octanol–water partition coefficient (Wildman–Crippen LogP) is 4.45. The van der Waals surface area contributed by atoms with Gasteiger partial charge in [-0.05, 0) is 60.7 Å². The molecule has 0 spiro atoms. The molecule has 7 nitrogen and oxygen atoms in total. The van der Waals surface area contributed by atoms with Gasteiger partial charge in [0.1, 0.15) is 17.2 Å². The number of ether oxygens (including phenoxy) is 3. The van der Waals surface area contributed by atoms with Gasteiger partial charge in [-0.1, -0.05) is 22.0 Å². The molecule has 158 valence electrons. The first-order chi connectivity index (χ1) is 15.0. The molecule has 8 heteroatoms. The number of hydrazone groups is 1. The Morgan fingerprint density at radius 1 is 0.903 bits per heavy atom. The number of esters is 1. The highest BCUT2D eigenvalue weighted by Crippen LogP contribution is 2.23. The number of carbonyl (C=O) groups excluding carboxylic acids is 2. The number of nitrogens with zero attached hydrogens (tertiary/aromatic N) is 1. The highest BCUT2D eigenvalue weighted by molar-refractivity contribution is 9.10. The van der Waals surface area contributed by atoms with Gasteiger partial charge in [-0.2, -0.15) is 5.10 Å². The first-order valence-corrected chi connectivity index (χ1v) is 9.92. The molecule has 0 aliphatic heterocycles. The molecule has 0 unspecified atom stereocenters. The summed E-state index contributed by atoms with van der Waals surface area (Å²) in [7, 11) is 3.07. The molecule has 3 aromatic rings. The largest absolute Gasteiger partial charge is 0.497 e. The number of rotatable bonds is 7. The Labute approximate surface area is 187 Å². The molecule has 0 radical (unpaired) electrons. The van der Waals surface area contributed by atoms with Gasteiger partial charge in [0, 0.05) is 15.6 Å². The minimum atomic E-state index is -0.528. The molecule has 0 aromatic heterocycles. The molecule has 1 N–H and O–H groups in total. The van der Waals surface area contributed by atoms with Gasteiger partial charge < -0.3 is 14.2 Å². The molecule has 0 saturated heterocycles. The minimum absolute atomic E-state index is 0.295. The van der Waals surface area contributed by atoms with Crippen molar-refractivity contribution >= 4 is 34.0 Å². The van der Waals surface area contributed by atoms with Gasteiger partial charge in [0.2, 0.25) is 0 Å². The fraction of sp³-hybridized carbons (Fsp3) is 0.0870. The van der Waals surface area contributed by atoms with E-state index in [1.807, 2.05) is 0 Å². The predicted molar refractivity (Wildman–Crippen MR) is 120 cm³/mol. The molecule has 0 atom stereocenters. The van der Waals surface area contributed by atoms with Gasteiger partial charge in [0.05, 0.1) is 26.0 Å². The van der Waals surface area contributed by atoms with Crippen LogP contribution in [0.4, 0.5) is 0 Å². The Balaban J connectivity index is 1.73. The van der Waals surface area contributed by atoms with E-state index in [1.165, 1.54) is 13.3 Å². The molecule has 0 fully saturated rings. The van der Waals surface area contributed by atoms with E-state index in [9.17, 15) is 9.59 Å². The summed E-state index contributed by atoms with van der Waals surface area (Å²) in [5.74, 6) is 0.571. The Hall–Kier alpha value is -3.65. The SMILES string of the molecule is COc1ccc(C(=O)Oc2ccc(Br)cc2/C=N\NC(=O)c2cccc(OC)c2)cc1. The van der Waals surface area contributed by atoms with Crippen molar-refractivity contribution in [3.8, 4) is 17.2 Å². The number of carbonyl (C=O) groups is 2. The number of methoxy groups -OCH3 is 2. The third kappa shape index (κ3) is 5.93. The van der Waals surface area contributed by atoms with Crippen LogP contribution in [-0.2, 0) is 0 Å². The van der Waals surface area contributed by atoms with Crippen molar-refractivity contribution in [3.63, 3.8) is 0 Å². The summed E-state index contributed by atoms with van der Waals surface area (Å²) in [6.07, 6.45) is 1.40. The van der Waals surface area contributed by atoms with E-state index in [-0.39, 0.29) is 0 Å². The van der Waals surface area contributed by atoms with Gasteiger partial charge in [0.15, 0.2) is 0 Å². The summed E-state index contributed by atoms with van der Waals surface area (Å²) >= 11 is 3.38. The van der Waals surface area contributed by atoms with E-state index >= 15 is 0 Å². The third-order valence-corrected chi connectivity index (χ3v) is 4.70. The standard InChI is InChI=1S/C23H19BrN2O5/c1-29-19-9-6-15(7-10-19)23(28)31-21-11-8-18(24)12-17(21)14-25-26-22(27)16-4-3-5-20(13-16)30-2/h3-14H,1-2H3,(H,26,27)/b25-14-. The van der Waals surface area contributed by atoms with Crippen LogP contribution in [0, 0.1) is 0 Å². The van der Waals surface area contributed by atoms with Crippen molar-refractivity contribution in [3.05, 3.63) is 87.9 Å². The normalized spacial score (nSPS) is 10.5. The maximum Gasteiger partial charge on any atom is 0.343 e. The van der Waals surface area contributed by atoms with Crippen LogP contribution < -0.4 is 19.6 Å². The average molecular weight is 483 g/mol. The zero-order valence-electron chi connectivity index (χ0n) is 16.8. The minimum Gasteiger partial charge on any atom is -0.497 e. The summed E-state index contributed by atoms with van der Waals surface area (Å²) in [6, 6.07) is 18.4. The molecule has 3 aromatic carbocycles. The molecule has 0 aliphatic carbocycles. The maximum absolute atomic E-state index is 12.5. The summed E-state index contributed by atoms with van der Waals surface area (Å²) in [6.45, 7) is 0. The lowest BCUT2D eigenvalue weighted by Crippen LogP contribution is -2.17. The van der Waals surface area contributed by atoms with Crippen LogP contribution in [0.2, 0.25) is 0 Å². The fourth-order valence-corrected chi connectivity index (χ4v) is 2.97.